The monoisotopic (exact) mass is 489 g/mol. The van der Waals surface area contributed by atoms with Crippen LogP contribution in [0, 0.1) is 0 Å². The lowest BCUT2D eigenvalue weighted by Crippen LogP contribution is -2.49. The van der Waals surface area contributed by atoms with E-state index in [1.807, 2.05) is 12.1 Å². The van der Waals surface area contributed by atoms with Crippen molar-refractivity contribution in [2.24, 2.45) is 0 Å². The number of nitrogens with zero attached hydrogens (tertiary/aromatic N) is 2. The van der Waals surface area contributed by atoms with Crippen LogP contribution in [0.1, 0.15) is 36.7 Å². The Balaban J connectivity index is 1.87. The van der Waals surface area contributed by atoms with E-state index in [2.05, 4.69) is 5.32 Å². The van der Waals surface area contributed by atoms with Crippen LogP contribution in [-0.4, -0.2) is 64.4 Å². The molecule has 0 unspecified atom stereocenters. The first kappa shape index (κ1) is 25.3. The first-order chi connectivity index (χ1) is 16.0. The van der Waals surface area contributed by atoms with E-state index in [0.29, 0.717) is 11.4 Å². The highest BCUT2D eigenvalue weighted by atomic mass is 35.5. The summed E-state index contributed by atoms with van der Waals surface area (Å²) < 4.78 is 5.55. The normalized spacial score (nSPS) is 15.9. The second-order valence-corrected chi connectivity index (χ2v) is 9.22. The molecular formula is C24H28ClN3O6. The molecule has 0 saturated heterocycles. The predicted octanol–water partition coefficient (Wildman–Crippen LogP) is 3.13. The van der Waals surface area contributed by atoms with Crippen molar-refractivity contribution in [3.8, 4) is 5.75 Å². The van der Waals surface area contributed by atoms with E-state index >= 15 is 0 Å². The molecule has 34 heavy (non-hydrogen) atoms. The lowest BCUT2D eigenvalue weighted by atomic mass is 10.1. The number of fused-ring (bicyclic) bond motifs is 1. The van der Waals surface area contributed by atoms with Crippen LogP contribution in [0.3, 0.4) is 0 Å². The molecule has 0 radical (unpaired) electrons. The summed E-state index contributed by atoms with van der Waals surface area (Å²) in [6, 6.07) is 11.0. The van der Waals surface area contributed by atoms with Crippen LogP contribution < -0.4 is 15.0 Å². The van der Waals surface area contributed by atoms with Crippen LogP contribution in [0.15, 0.2) is 42.5 Å². The molecule has 0 aromatic heterocycles. The van der Waals surface area contributed by atoms with Crippen LogP contribution in [0.4, 0.5) is 10.5 Å². The summed E-state index contributed by atoms with van der Waals surface area (Å²) in [5.41, 5.74) is 0.636. The van der Waals surface area contributed by atoms with Gasteiger partial charge in [0.1, 0.15) is 18.9 Å². The lowest BCUT2D eigenvalue weighted by Gasteiger charge is -2.29. The number of aliphatic carboxylic acids is 1. The Morgan fingerprint density at radius 1 is 1.21 bits per heavy atom. The number of para-hydroxylation sites is 1. The molecule has 3 rings (SSSR count). The van der Waals surface area contributed by atoms with E-state index in [0.717, 1.165) is 5.56 Å². The zero-order chi connectivity index (χ0) is 25.0. The predicted molar refractivity (Wildman–Crippen MR) is 127 cm³/mol. The van der Waals surface area contributed by atoms with Crippen molar-refractivity contribution in [3.05, 3.63) is 58.6 Å². The number of urea groups is 1. The molecule has 1 heterocycles. The highest BCUT2D eigenvalue weighted by Crippen LogP contribution is 2.31. The van der Waals surface area contributed by atoms with Gasteiger partial charge >= 0.3 is 12.0 Å². The standard InChI is InChI=1S/C24H28ClN3O6/c1-15-12-28(22(31)18-9-8-17(10-19(18)25)34-14-24(2,3)33)20-7-5-4-6-16(20)13-27(15)23(32)26-11-21(29)30/h4-10,15,33H,11-14H2,1-3H3,(H,26,32)(H,29,30)/t15-/m1/s1. The number of anilines is 1. The van der Waals surface area contributed by atoms with Gasteiger partial charge in [0.2, 0.25) is 0 Å². The second kappa shape index (κ2) is 10.3. The molecule has 2 aromatic carbocycles. The summed E-state index contributed by atoms with van der Waals surface area (Å²) >= 11 is 6.43. The first-order valence-electron chi connectivity index (χ1n) is 10.8. The third-order valence-corrected chi connectivity index (χ3v) is 5.57. The van der Waals surface area contributed by atoms with E-state index in [9.17, 15) is 19.5 Å². The molecule has 9 nitrogen and oxygen atoms in total. The van der Waals surface area contributed by atoms with Gasteiger partial charge in [0, 0.05) is 24.8 Å². The number of benzene rings is 2. The molecule has 0 fully saturated rings. The minimum Gasteiger partial charge on any atom is -0.491 e. The Morgan fingerprint density at radius 3 is 2.56 bits per heavy atom. The van der Waals surface area contributed by atoms with Gasteiger partial charge in [0.15, 0.2) is 0 Å². The van der Waals surface area contributed by atoms with Crippen molar-refractivity contribution < 1.29 is 29.3 Å². The van der Waals surface area contributed by atoms with Crippen molar-refractivity contribution in [2.45, 2.75) is 39.0 Å². The number of carboxylic acid groups (broad SMARTS) is 1. The Morgan fingerprint density at radius 2 is 1.91 bits per heavy atom. The maximum absolute atomic E-state index is 13.6. The minimum atomic E-state index is -1.14. The number of aliphatic hydroxyl groups is 1. The van der Waals surface area contributed by atoms with Crippen LogP contribution in [-0.2, 0) is 11.3 Å². The third-order valence-electron chi connectivity index (χ3n) is 5.26. The van der Waals surface area contributed by atoms with Crippen LogP contribution >= 0.6 is 11.6 Å². The summed E-state index contributed by atoms with van der Waals surface area (Å²) in [6.07, 6.45) is 0. The zero-order valence-corrected chi connectivity index (χ0v) is 20.0. The van der Waals surface area contributed by atoms with Gasteiger partial charge in [-0.25, -0.2) is 4.79 Å². The highest BCUT2D eigenvalue weighted by Gasteiger charge is 2.32. The van der Waals surface area contributed by atoms with Gasteiger partial charge < -0.3 is 30.1 Å². The van der Waals surface area contributed by atoms with Gasteiger partial charge in [-0.3, -0.25) is 9.59 Å². The number of nitrogens with one attached hydrogen (secondary N) is 1. The van der Waals surface area contributed by atoms with E-state index in [4.69, 9.17) is 21.4 Å². The van der Waals surface area contributed by atoms with E-state index in [1.54, 1.807) is 49.9 Å². The highest BCUT2D eigenvalue weighted by molar-refractivity contribution is 6.34. The van der Waals surface area contributed by atoms with Crippen molar-refractivity contribution in [1.29, 1.82) is 0 Å². The number of rotatable bonds is 6. The maximum Gasteiger partial charge on any atom is 0.323 e. The van der Waals surface area contributed by atoms with E-state index in [-0.39, 0.29) is 36.2 Å². The van der Waals surface area contributed by atoms with Gasteiger partial charge in [-0.1, -0.05) is 29.8 Å². The molecule has 10 heteroatoms. The maximum atomic E-state index is 13.6. The number of ether oxygens (including phenoxy) is 1. The first-order valence-corrected chi connectivity index (χ1v) is 11.1. The van der Waals surface area contributed by atoms with Crippen molar-refractivity contribution in [3.63, 3.8) is 0 Å². The number of amides is 3. The summed E-state index contributed by atoms with van der Waals surface area (Å²) in [5, 5.41) is 21.3. The SMILES string of the molecule is C[C@@H]1CN(C(=O)c2ccc(OCC(C)(C)O)cc2Cl)c2ccccc2CN1C(=O)NCC(=O)O. The molecule has 3 N–H and O–H groups in total. The van der Waals surface area contributed by atoms with Crippen LogP contribution in [0.2, 0.25) is 5.02 Å². The largest absolute Gasteiger partial charge is 0.491 e. The van der Waals surface area contributed by atoms with Crippen molar-refractivity contribution in [1.82, 2.24) is 10.2 Å². The van der Waals surface area contributed by atoms with E-state index in [1.165, 1.54) is 11.0 Å². The fraction of sp³-hybridized carbons (Fsp3) is 0.375. The summed E-state index contributed by atoms with van der Waals surface area (Å²) in [4.78, 5) is 40.1. The van der Waals surface area contributed by atoms with Crippen molar-refractivity contribution in [2.75, 3.05) is 24.6 Å². The second-order valence-electron chi connectivity index (χ2n) is 8.82. The van der Waals surface area contributed by atoms with Gasteiger partial charge in [-0.05, 0) is 50.6 Å². The summed E-state index contributed by atoms with van der Waals surface area (Å²) in [7, 11) is 0. The molecule has 2 aromatic rings. The zero-order valence-electron chi connectivity index (χ0n) is 19.2. The molecule has 182 valence electrons. The van der Waals surface area contributed by atoms with Crippen molar-refractivity contribution >= 4 is 35.2 Å². The van der Waals surface area contributed by atoms with Crippen LogP contribution in [0.25, 0.3) is 0 Å². The molecule has 1 atom stereocenters. The topological polar surface area (TPSA) is 119 Å². The molecular weight excluding hydrogens is 462 g/mol. The molecule has 3 amide bonds. The molecule has 1 aliphatic rings. The number of carboxylic acids is 1. The van der Waals surface area contributed by atoms with Gasteiger partial charge in [-0.15, -0.1) is 0 Å². The Bertz CT molecular complexity index is 1080. The number of carbonyl (C=O) groups excluding carboxylic acids is 2. The summed E-state index contributed by atoms with van der Waals surface area (Å²) in [6.45, 7) is 5.00. The average molecular weight is 490 g/mol. The number of halogens is 1. The fourth-order valence-electron chi connectivity index (χ4n) is 3.59. The molecule has 0 saturated carbocycles. The van der Waals surface area contributed by atoms with E-state index < -0.39 is 30.2 Å². The molecule has 0 bridgehead atoms. The number of hydrogen-bond acceptors (Lipinski definition) is 5. The molecule has 0 aliphatic carbocycles. The average Bonchev–Trinajstić information content (AvgIpc) is 2.92. The van der Waals surface area contributed by atoms with Gasteiger partial charge in [0.25, 0.3) is 5.91 Å². The van der Waals surface area contributed by atoms with Gasteiger partial charge in [0.05, 0.1) is 16.2 Å². The minimum absolute atomic E-state index is 0.0629. The Hall–Kier alpha value is -3.30. The van der Waals surface area contributed by atoms with Crippen LogP contribution in [0.5, 0.6) is 5.75 Å². The third kappa shape index (κ3) is 6.18. The summed E-state index contributed by atoms with van der Waals surface area (Å²) in [5.74, 6) is -1.06. The lowest BCUT2D eigenvalue weighted by molar-refractivity contribution is -0.135. The Labute approximate surface area is 202 Å². The molecule has 0 spiro atoms. The smallest absolute Gasteiger partial charge is 0.323 e. The van der Waals surface area contributed by atoms with Gasteiger partial charge in [-0.2, -0.15) is 0 Å². The Kier molecular flexibility index (Phi) is 7.68. The fourth-order valence-corrected chi connectivity index (χ4v) is 3.84. The number of carbonyl (C=O) groups is 3. The quantitative estimate of drug-likeness (QED) is 0.573. The number of hydrogen-bond donors (Lipinski definition) is 3. The molecule has 1 aliphatic heterocycles.